The van der Waals surface area contributed by atoms with Gasteiger partial charge in [0.2, 0.25) is 7.43 Å². The van der Waals surface area contributed by atoms with Gasteiger partial charge in [0.15, 0.2) is 0 Å². The molecule has 2 nitrogen and oxygen atoms in total. The molecule has 1 heterocycles. The fourth-order valence-electron chi connectivity index (χ4n) is 3.44. The van der Waals surface area contributed by atoms with Gasteiger partial charge in [-0.15, -0.1) is 0 Å². The monoisotopic (exact) mass is 368 g/mol. The van der Waals surface area contributed by atoms with Crippen LogP contribution in [0.5, 0.6) is 0 Å². The lowest BCUT2D eigenvalue weighted by Gasteiger charge is -2.54. The molecule has 0 radical (unpaired) electrons. The van der Waals surface area contributed by atoms with Gasteiger partial charge in [-0.25, -0.2) is 0 Å². The van der Waals surface area contributed by atoms with E-state index in [9.17, 15) is 0 Å². The van der Waals surface area contributed by atoms with E-state index < -0.39 is 38.3 Å². The molecular formula is C11H30ClN2PSi4. The number of nitrogens with zero attached hydrogens (tertiary/aromatic N) is 2. The summed E-state index contributed by atoms with van der Waals surface area (Å²) in [6.45, 7) is 24.8. The third-order valence-corrected chi connectivity index (χ3v) is 51.0. The largest absolute Gasteiger partial charge is 0.311 e. The highest BCUT2D eigenvalue weighted by molar-refractivity contribution is 8.01. The zero-order valence-corrected chi connectivity index (χ0v) is 19.9. The molecule has 0 aliphatic carbocycles. The molecule has 0 bridgehead atoms. The molecule has 0 saturated heterocycles. The van der Waals surface area contributed by atoms with E-state index in [-0.39, 0.29) is 0 Å². The van der Waals surface area contributed by atoms with Gasteiger partial charge in [-0.1, -0.05) is 70.2 Å². The summed E-state index contributed by atoms with van der Waals surface area (Å²) in [5.74, 6) is 0. The first-order chi connectivity index (χ1) is 8.16. The Morgan fingerprint density at radius 3 is 1.53 bits per heavy atom. The highest BCUT2D eigenvalue weighted by Gasteiger charge is 2.66. The Morgan fingerprint density at radius 1 is 0.947 bits per heavy atom. The van der Waals surface area contributed by atoms with Gasteiger partial charge in [0, 0.05) is 0 Å². The third-order valence-electron chi connectivity index (χ3n) is 3.80. The maximum atomic E-state index is 6.88. The maximum absolute atomic E-state index is 6.88. The molecule has 112 valence electrons. The van der Waals surface area contributed by atoms with E-state index in [2.05, 4.69) is 69.8 Å². The predicted octanol–water partition coefficient (Wildman–Crippen LogP) is 5.38. The van der Waals surface area contributed by atoms with Crippen LogP contribution in [0.2, 0.25) is 58.9 Å². The van der Waals surface area contributed by atoms with Gasteiger partial charge in [0.05, 0.1) is 28.1 Å². The van der Waals surface area contributed by atoms with Gasteiger partial charge in [-0.05, 0) is 6.92 Å². The second-order valence-electron chi connectivity index (χ2n) is 8.57. The van der Waals surface area contributed by atoms with Crippen LogP contribution >= 0.6 is 18.7 Å². The van der Waals surface area contributed by atoms with Crippen LogP contribution in [0, 0.1) is 0 Å². The van der Waals surface area contributed by atoms with Crippen molar-refractivity contribution < 1.29 is 0 Å². The highest BCUT2D eigenvalue weighted by atomic mass is 35.7. The minimum atomic E-state index is -1.77. The van der Waals surface area contributed by atoms with Crippen molar-refractivity contribution in [3.63, 3.8) is 0 Å². The third kappa shape index (κ3) is 2.91. The molecule has 1 aliphatic rings. The molecule has 0 aromatic heterocycles. The highest BCUT2D eigenvalue weighted by Crippen LogP contribution is 2.60. The summed E-state index contributed by atoms with van der Waals surface area (Å²) < 4.78 is 8.29. The van der Waals surface area contributed by atoms with Gasteiger partial charge in [0.1, 0.15) is 8.24 Å². The Balaban J connectivity index is 3.62. The second-order valence-corrected chi connectivity index (χ2v) is 42.8. The summed E-state index contributed by atoms with van der Waals surface area (Å²) in [7, 11) is -6.57. The van der Waals surface area contributed by atoms with Gasteiger partial charge in [0.25, 0.3) is 0 Å². The molecular weight excluding hydrogens is 339 g/mol. The van der Waals surface area contributed by atoms with Gasteiger partial charge < -0.3 is 4.66 Å². The molecule has 1 aliphatic heterocycles. The zero-order valence-electron chi connectivity index (χ0n) is 14.2. The number of halogens is 1. The zero-order chi connectivity index (χ0) is 15.4. The summed E-state index contributed by atoms with van der Waals surface area (Å²) in [5.41, 5.74) is 1.26. The first-order valence-corrected chi connectivity index (χ1v) is 23.5. The van der Waals surface area contributed by atoms with Crippen LogP contribution in [0.1, 0.15) is 6.92 Å². The molecule has 0 amide bonds. The molecule has 0 saturated carbocycles. The van der Waals surface area contributed by atoms with Crippen LogP contribution in [0.4, 0.5) is 0 Å². The van der Waals surface area contributed by atoms with Crippen molar-refractivity contribution in [1.82, 2.24) is 4.00 Å². The summed E-state index contributed by atoms with van der Waals surface area (Å²) in [6.07, 6.45) is 0. The average molecular weight is 369 g/mol. The summed E-state index contributed by atoms with van der Waals surface area (Å²) in [6, 6.07) is 0. The van der Waals surface area contributed by atoms with Gasteiger partial charge in [-0.3, -0.25) is 4.00 Å². The van der Waals surface area contributed by atoms with E-state index in [4.69, 9.17) is 15.9 Å². The Kier molecular flexibility index (Phi) is 4.94. The molecule has 0 fully saturated rings. The Bertz CT molecular complexity index is 381. The second kappa shape index (κ2) is 5.14. The molecule has 0 aromatic rings. The molecule has 8 heteroatoms. The van der Waals surface area contributed by atoms with Crippen LogP contribution in [0.3, 0.4) is 0 Å². The quantitative estimate of drug-likeness (QED) is 0.482. The van der Waals surface area contributed by atoms with Crippen LogP contribution in [-0.4, -0.2) is 40.3 Å². The number of hydrogen-bond donors (Lipinski definition) is 0. The molecule has 1 unspecified atom stereocenters. The molecule has 0 N–H and O–H groups in total. The topological polar surface area (TPSA) is 15.6 Å². The fourth-order valence-corrected chi connectivity index (χ4v) is 75.6. The van der Waals surface area contributed by atoms with E-state index in [1.165, 1.54) is 5.45 Å². The number of hydrogen-bond acceptors (Lipinski definition) is 2. The van der Waals surface area contributed by atoms with E-state index in [0.29, 0.717) is 0 Å². The molecule has 1 rings (SSSR count). The van der Waals surface area contributed by atoms with Crippen molar-refractivity contribution in [2.45, 2.75) is 65.8 Å². The first kappa shape index (κ1) is 18.3. The summed E-state index contributed by atoms with van der Waals surface area (Å²) >= 11 is 6.88. The van der Waals surface area contributed by atoms with Crippen LogP contribution in [-0.2, 0) is 0 Å². The van der Waals surface area contributed by atoms with Crippen molar-refractivity contribution in [3.05, 3.63) is 0 Å². The lowest BCUT2D eigenvalue weighted by molar-refractivity contribution is 1.02. The van der Waals surface area contributed by atoms with E-state index in [0.717, 1.165) is 0 Å². The van der Waals surface area contributed by atoms with Crippen molar-refractivity contribution in [2.24, 2.45) is 4.66 Å². The molecule has 19 heavy (non-hydrogen) atoms. The fraction of sp³-hybridized carbons (Fsp3) is 0.909. The predicted molar refractivity (Wildman–Crippen MR) is 104 cm³/mol. The van der Waals surface area contributed by atoms with Crippen LogP contribution in [0.15, 0.2) is 4.66 Å². The van der Waals surface area contributed by atoms with Crippen molar-refractivity contribution >= 4 is 55.0 Å². The van der Waals surface area contributed by atoms with E-state index in [1.807, 2.05) is 0 Å². The minimum absolute atomic E-state index is 0.646. The standard InChI is InChI=1S/C11H30ClN2PSi4/c1-11-13-19(17(5,6)7,18(8,9)10)14(15(11)12)16(2,3)4/h1-10H3. The molecule has 0 aromatic carbocycles. The van der Waals surface area contributed by atoms with E-state index >= 15 is 0 Å². The minimum Gasteiger partial charge on any atom is -0.311 e. The first-order valence-electron chi connectivity index (χ1n) is 6.99. The van der Waals surface area contributed by atoms with E-state index in [1.54, 1.807) is 0 Å². The van der Waals surface area contributed by atoms with Crippen LogP contribution in [0.25, 0.3) is 0 Å². The van der Waals surface area contributed by atoms with Gasteiger partial charge in [-0.2, -0.15) is 0 Å². The van der Waals surface area contributed by atoms with Crippen molar-refractivity contribution in [3.8, 4) is 0 Å². The number of rotatable bonds is 3. The van der Waals surface area contributed by atoms with Crippen molar-refractivity contribution in [1.29, 1.82) is 0 Å². The maximum Gasteiger partial charge on any atom is 0.223 e. The normalized spacial score (nSPS) is 25.6. The summed E-state index contributed by atoms with van der Waals surface area (Å²) in [5, 5.41) is 0. The Hall–Kier alpha value is 1.22. The average Bonchev–Trinajstić information content (AvgIpc) is 2.37. The Morgan fingerprint density at radius 2 is 1.32 bits per heavy atom. The summed E-state index contributed by atoms with van der Waals surface area (Å²) in [4.78, 5) is 0. The molecule has 0 spiro atoms. The van der Waals surface area contributed by atoms with Crippen molar-refractivity contribution in [2.75, 3.05) is 0 Å². The van der Waals surface area contributed by atoms with Gasteiger partial charge >= 0.3 is 0 Å². The lowest BCUT2D eigenvalue weighted by atomic mass is 10.9. The SMILES string of the molecule is CC1=N[Si]([Si](C)(C)C)([Si](C)(C)C)N([Si](C)(C)C)P1Cl. The smallest absolute Gasteiger partial charge is 0.223 e. The Labute approximate surface area is 129 Å². The molecule has 1 atom stereocenters. The van der Waals surface area contributed by atoms with Crippen LogP contribution < -0.4 is 0 Å². The lowest BCUT2D eigenvalue weighted by Crippen LogP contribution is -2.80.